The fourth-order valence-corrected chi connectivity index (χ4v) is 0.608. The Hall–Kier alpha value is 0.711. The zero-order valence-corrected chi connectivity index (χ0v) is 9.14. The fourth-order valence-electron chi connectivity index (χ4n) is 0.608. The standard InChI is InChI=1S/C6H4BF3.K.H/c8-6-3-1-5(2-4-6)7(9)10;;/h1-4H;;/q;+1;-1. The Morgan fingerprint density at radius 2 is 1.55 bits per heavy atom. The Balaban J connectivity index is 0. The molecule has 0 aromatic heterocycles. The molecule has 0 aliphatic carbocycles. The molecular weight excluding hydrogens is 179 g/mol. The summed E-state index contributed by atoms with van der Waals surface area (Å²) in [6.07, 6.45) is 0. The average molecular weight is 184 g/mol. The molecule has 0 N–H and O–H groups in total. The number of benzene rings is 1. The van der Waals surface area contributed by atoms with E-state index in [-0.39, 0.29) is 58.3 Å². The summed E-state index contributed by atoms with van der Waals surface area (Å²) in [4.78, 5) is 0. The zero-order chi connectivity index (χ0) is 7.56. The summed E-state index contributed by atoms with van der Waals surface area (Å²) in [5.41, 5.74) is -0.151. The molecule has 0 heterocycles. The van der Waals surface area contributed by atoms with Crippen LogP contribution in [0, 0.1) is 5.82 Å². The van der Waals surface area contributed by atoms with Crippen LogP contribution in [-0.4, -0.2) is 7.27 Å². The zero-order valence-electron chi connectivity index (χ0n) is 7.02. The van der Waals surface area contributed by atoms with E-state index >= 15 is 0 Å². The molecule has 11 heavy (non-hydrogen) atoms. The van der Waals surface area contributed by atoms with E-state index in [0.29, 0.717) is 0 Å². The molecule has 0 saturated carbocycles. The molecule has 0 bridgehead atoms. The molecule has 0 unspecified atom stereocenters. The van der Waals surface area contributed by atoms with Crippen LogP contribution in [0.1, 0.15) is 1.43 Å². The van der Waals surface area contributed by atoms with Crippen molar-refractivity contribution < 1.29 is 65.8 Å². The van der Waals surface area contributed by atoms with Crippen molar-refractivity contribution in [2.24, 2.45) is 0 Å². The van der Waals surface area contributed by atoms with E-state index in [4.69, 9.17) is 0 Å². The number of halogens is 3. The van der Waals surface area contributed by atoms with Gasteiger partial charge in [0.15, 0.2) is 0 Å². The normalized spacial score (nSPS) is 8.64. The Morgan fingerprint density at radius 3 is 1.91 bits per heavy atom. The first-order valence-electron chi connectivity index (χ1n) is 2.74. The van der Waals surface area contributed by atoms with Crippen LogP contribution < -0.4 is 56.8 Å². The van der Waals surface area contributed by atoms with Crippen LogP contribution in [0.25, 0.3) is 0 Å². The van der Waals surface area contributed by atoms with Crippen molar-refractivity contribution in [1.29, 1.82) is 0 Å². The van der Waals surface area contributed by atoms with Gasteiger partial charge in [-0.2, -0.15) is 0 Å². The second kappa shape index (κ2) is 5.37. The van der Waals surface area contributed by atoms with Crippen LogP contribution in [0.2, 0.25) is 0 Å². The van der Waals surface area contributed by atoms with E-state index in [1.54, 1.807) is 0 Å². The smallest absolute Gasteiger partial charge is 1.00 e. The quantitative estimate of drug-likeness (QED) is 0.470. The fraction of sp³-hybridized carbons (Fsp3) is 0. The minimum Gasteiger partial charge on any atom is -1.00 e. The maximum Gasteiger partial charge on any atom is 1.00 e. The first-order chi connectivity index (χ1) is 4.70. The summed E-state index contributed by atoms with van der Waals surface area (Å²) >= 11 is 0. The van der Waals surface area contributed by atoms with Crippen LogP contribution in [0.15, 0.2) is 24.3 Å². The molecule has 5 heteroatoms. The van der Waals surface area contributed by atoms with Crippen LogP contribution >= 0.6 is 0 Å². The van der Waals surface area contributed by atoms with Gasteiger partial charge in [0.1, 0.15) is 5.82 Å². The molecule has 1 rings (SSSR count). The molecule has 1 aromatic rings. The van der Waals surface area contributed by atoms with Crippen molar-refractivity contribution in [1.82, 2.24) is 0 Å². The summed E-state index contributed by atoms with van der Waals surface area (Å²) in [5.74, 6) is -0.496. The molecule has 0 spiro atoms. The van der Waals surface area contributed by atoms with Crippen molar-refractivity contribution in [2.45, 2.75) is 0 Å². The maximum atomic E-state index is 12.1. The van der Waals surface area contributed by atoms with Gasteiger partial charge in [0, 0.05) is 0 Å². The maximum absolute atomic E-state index is 12.1. The first-order valence-corrected chi connectivity index (χ1v) is 2.74. The second-order valence-electron chi connectivity index (χ2n) is 1.85. The summed E-state index contributed by atoms with van der Waals surface area (Å²) < 4.78 is 35.7. The molecule has 1 aromatic carbocycles. The Morgan fingerprint density at radius 1 is 1.09 bits per heavy atom. The van der Waals surface area contributed by atoms with E-state index in [9.17, 15) is 13.0 Å². The van der Waals surface area contributed by atoms with Gasteiger partial charge >= 0.3 is 58.7 Å². The van der Waals surface area contributed by atoms with Crippen LogP contribution in [0.3, 0.4) is 0 Å². The van der Waals surface area contributed by atoms with Crippen molar-refractivity contribution >= 4 is 12.7 Å². The summed E-state index contributed by atoms with van der Waals surface area (Å²) in [6.45, 7) is 0. The number of hydrogen-bond acceptors (Lipinski definition) is 0. The Kier molecular flexibility index (Phi) is 5.72. The molecule has 0 saturated heterocycles. The molecule has 0 amide bonds. The summed E-state index contributed by atoms with van der Waals surface area (Å²) in [6, 6.07) is 4.17. The Labute approximate surface area is 107 Å². The summed E-state index contributed by atoms with van der Waals surface area (Å²) in [7, 11) is -2.51. The van der Waals surface area contributed by atoms with Gasteiger partial charge in [-0.3, -0.25) is 8.63 Å². The van der Waals surface area contributed by atoms with Crippen molar-refractivity contribution in [3.63, 3.8) is 0 Å². The number of hydrogen-bond donors (Lipinski definition) is 0. The third-order valence-corrected chi connectivity index (χ3v) is 1.12. The molecule has 0 nitrogen and oxygen atoms in total. The Bertz CT molecular complexity index is 217. The van der Waals surface area contributed by atoms with Gasteiger partial charge in [0.25, 0.3) is 0 Å². The van der Waals surface area contributed by atoms with Gasteiger partial charge in [-0.05, 0) is 17.6 Å². The molecule has 0 fully saturated rings. The van der Waals surface area contributed by atoms with Crippen LogP contribution in [0.4, 0.5) is 13.0 Å². The van der Waals surface area contributed by atoms with Gasteiger partial charge in [0.05, 0.1) is 0 Å². The average Bonchev–Trinajstić information content (AvgIpc) is 1.88. The molecular formula is C6H5BF3K. The predicted octanol–water partition coefficient (Wildman–Crippen LogP) is -1.42. The topological polar surface area (TPSA) is 0 Å². The van der Waals surface area contributed by atoms with E-state index in [2.05, 4.69) is 0 Å². The van der Waals surface area contributed by atoms with Gasteiger partial charge in [-0.15, -0.1) is 0 Å². The molecule has 54 valence electrons. The van der Waals surface area contributed by atoms with Crippen LogP contribution in [-0.2, 0) is 0 Å². The monoisotopic (exact) mass is 184 g/mol. The van der Waals surface area contributed by atoms with E-state index < -0.39 is 13.1 Å². The van der Waals surface area contributed by atoms with Crippen molar-refractivity contribution in [3.8, 4) is 0 Å². The third-order valence-electron chi connectivity index (χ3n) is 1.12. The van der Waals surface area contributed by atoms with Gasteiger partial charge in [-0.25, -0.2) is 4.39 Å². The number of rotatable bonds is 1. The van der Waals surface area contributed by atoms with Gasteiger partial charge in [-0.1, -0.05) is 12.1 Å². The minimum absolute atomic E-state index is 0. The van der Waals surface area contributed by atoms with Crippen molar-refractivity contribution in [2.75, 3.05) is 0 Å². The molecule has 0 radical (unpaired) electrons. The minimum atomic E-state index is -2.51. The second-order valence-corrected chi connectivity index (χ2v) is 1.85. The van der Waals surface area contributed by atoms with Crippen LogP contribution in [0.5, 0.6) is 0 Å². The van der Waals surface area contributed by atoms with E-state index in [1.165, 1.54) is 0 Å². The SMILES string of the molecule is FB(F)c1ccc(F)cc1.[H-].[K+]. The van der Waals surface area contributed by atoms with E-state index in [0.717, 1.165) is 24.3 Å². The third kappa shape index (κ3) is 3.76. The molecule has 0 aliphatic rings. The van der Waals surface area contributed by atoms with E-state index in [1.807, 2.05) is 0 Å². The largest absolute Gasteiger partial charge is 1.00 e. The predicted molar refractivity (Wildman–Crippen MR) is 35.1 cm³/mol. The van der Waals surface area contributed by atoms with Gasteiger partial charge < -0.3 is 1.43 Å². The first kappa shape index (κ1) is 11.7. The molecule has 0 atom stereocenters. The van der Waals surface area contributed by atoms with Gasteiger partial charge in [0.2, 0.25) is 0 Å². The van der Waals surface area contributed by atoms with Crippen molar-refractivity contribution in [3.05, 3.63) is 30.1 Å². The summed E-state index contributed by atoms with van der Waals surface area (Å²) in [5, 5.41) is 0. The molecule has 0 aliphatic heterocycles.